The Morgan fingerprint density at radius 1 is 1.22 bits per heavy atom. The van der Waals surface area contributed by atoms with Crippen molar-refractivity contribution in [1.82, 2.24) is 24.3 Å². The van der Waals surface area contributed by atoms with E-state index in [-0.39, 0.29) is 11.5 Å². The van der Waals surface area contributed by atoms with Crippen molar-refractivity contribution in [2.24, 2.45) is 7.05 Å². The van der Waals surface area contributed by atoms with Gasteiger partial charge in [0.25, 0.3) is 11.5 Å². The van der Waals surface area contributed by atoms with E-state index in [9.17, 15) is 9.59 Å². The lowest BCUT2D eigenvalue weighted by Crippen LogP contribution is -2.17. The van der Waals surface area contributed by atoms with Gasteiger partial charge in [-0.3, -0.25) is 9.59 Å². The molecule has 1 N–H and O–H groups in total. The number of carbonyl (C=O) groups excluding carboxylic acids is 1. The predicted molar refractivity (Wildman–Crippen MR) is 103 cm³/mol. The Balaban J connectivity index is 1.55. The van der Waals surface area contributed by atoms with E-state index in [0.29, 0.717) is 32.9 Å². The maximum absolute atomic E-state index is 12.7. The van der Waals surface area contributed by atoms with Crippen molar-refractivity contribution in [3.8, 4) is 0 Å². The van der Waals surface area contributed by atoms with Crippen LogP contribution in [-0.4, -0.2) is 30.2 Å². The second-order valence-corrected chi connectivity index (χ2v) is 7.14. The lowest BCUT2D eigenvalue weighted by molar-refractivity contribution is 0.103. The molecule has 0 radical (unpaired) electrons. The quantitative estimate of drug-likeness (QED) is 0.586. The fourth-order valence-electron chi connectivity index (χ4n) is 2.81. The molecule has 0 aliphatic carbocycles. The fourth-order valence-corrected chi connectivity index (χ4v) is 3.84. The van der Waals surface area contributed by atoms with Crippen molar-refractivity contribution >= 4 is 33.1 Å². The molecule has 8 nitrogen and oxygen atoms in total. The Labute approximate surface area is 158 Å². The standard InChI is InChI=1S/C18H16N6O2S/c1-11-14-17(20-10-23(2)18(14)26)27-15(11)16(25)22-13-5-3-12(4-6-13)7-24-9-19-8-21-24/h3-6,8-10H,7H2,1-2H3,(H,22,25). The number of rotatable bonds is 4. The van der Waals surface area contributed by atoms with Crippen LogP contribution in [0.15, 0.2) is 48.0 Å². The van der Waals surface area contributed by atoms with E-state index >= 15 is 0 Å². The van der Waals surface area contributed by atoms with Crippen molar-refractivity contribution in [2.45, 2.75) is 13.5 Å². The molecule has 0 aliphatic heterocycles. The summed E-state index contributed by atoms with van der Waals surface area (Å²) in [4.78, 5) is 34.2. The van der Waals surface area contributed by atoms with Crippen molar-refractivity contribution in [1.29, 1.82) is 0 Å². The SMILES string of the molecule is Cc1c(C(=O)Nc2ccc(Cn3cncn3)cc2)sc2ncn(C)c(=O)c12. The minimum atomic E-state index is -0.249. The van der Waals surface area contributed by atoms with Gasteiger partial charge in [0.2, 0.25) is 0 Å². The van der Waals surface area contributed by atoms with E-state index in [2.05, 4.69) is 20.4 Å². The Morgan fingerprint density at radius 2 is 2.00 bits per heavy atom. The monoisotopic (exact) mass is 380 g/mol. The number of aryl methyl sites for hydroxylation is 2. The molecule has 3 aromatic heterocycles. The molecule has 1 amide bonds. The third-order valence-electron chi connectivity index (χ3n) is 4.24. The highest BCUT2D eigenvalue weighted by atomic mass is 32.1. The molecule has 0 unspecified atom stereocenters. The number of hydrogen-bond acceptors (Lipinski definition) is 6. The van der Waals surface area contributed by atoms with E-state index in [1.807, 2.05) is 24.3 Å². The molecule has 4 rings (SSSR count). The number of aromatic nitrogens is 5. The van der Waals surface area contributed by atoms with E-state index in [1.54, 1.807) is 25.0 Å². The van der Waals surface area contributed by atoms with Gasteiger partial charge in [0.15, 0.2) is 0 Å². The maximum atomic E-state index is 12.7. The minimum Gasteiger partial charge on any atom is -0.321 e. The summed E-state index contributed by atoms with van der Waals surface area (Å²) in [7, 11) is 1.65. The van der Waals surface area contributed by atoms with Gasteiger partial charge in [-0.25, -0.2) is 14.6 Å². The lowest BCUT2D eigenvalue weighted by atomic mass is 10.2. The molecule has 0 fully saturated rings. The van der Waals surface area contributed by atoms with E-state index in [4.69, 9.17) is 0 Å². The Bertz CT molecular complexity index is 1180. The number of thiophene rings is 1. The first-order valence-electron chi connectivity index (χ1n) is 8.20. The summed E-state index contributed by atoms with van der Waals surface area (Å²) < 4.78 is 3.14. The Hall–Kier alpha value is -3.33. The predicted octanol–water partition coefficient (Wildman–Crippen LogP) is 2.20. The van der Waals surface area contributed by atoms with Gasteiger partial charge in [-0.1, -0.05) is 12.1 Å². The third kappa shape index (κ3) is 3.24. The van der Waals surface area contributed by atoms with E-state index in [0.717, 1.165) is 5.56 Å². The van der Waals surface area contributed by atoms with Crippen LogP contribution in [0.5, 0.6) is 0 Å². The van der Waals surface area contributed by atoms with Gasteiger partial charge in [0.1, 0.15) is 17.5 Å². The molecule has 0 atom stereocenters. The highest BCUT2D eigenvalue weighted by Gasteiger charge is 2.19. The van der Waals surface area contributed by atoms with Crippen LogP contribution in [0.2, 0.25) is 0 Å². The second-order valence-electron chi connectivity index (χ2n) is 6.14. The minimum absolute atomic E-state index is 0.148. The molecule has 0 saturated carbocycles. The molecular weight excluding hydrogens is 364 g/mol. The van der Waals surface area contributed by atoms with Crippen LogP contribution in [0.4, 0.5) is 5.69 Å². The molecule has 4 aromatic rings. The van der Waals surface area contributed by atoms with Crippen LogP contribution in [-0.2, 0) is 13.6 Å². The van der Waals surface area contributed by atoms with Crippen molar-refractivity contribution in [2.75, 3.05) is 5.32 Å². The average molecular weight is 380 g/mol. The summed E-state index contributed by atoms with van der Waals surface area (Å²) in [6, 6.07) is 7.52. The zero-order valence-corrected chi connectivity index (χ0v) is 15.5. The molecule has 0 aliphatic rings. The van der Waals surface area contributed by atoms with Gasteiger partial charge in [0.05, 0.1) is 23.1 Å². The first-order chi connectivity index (χ1) is 13.0. The topological polar surface area (TPSA) is 94.7 Å². The third-order valence-corrected chi connectivity index (χ3v) is 5.44. The summed E-state index contributed by atoms with van der Waals surface area (Å²) in [5, 5.41) is 7.45. The molecule has 0 spiro atoms. The number of hydrogen-bond donors (Lipinski definition) is 1. The largest absolute Gasteiger partial charge is 0.321 e. The summed E-state index contributed by atoms with van der Waals surface area (Å²) in [5.74, 6) is -0.249. The molecule has 1 aromatic carbocycles. The molecule has 27 heavy (non-hydrogen) atoms. The number of carbonyl (C=O) groups is 1. The highest BCUT2D eigenvalue weighted by molar-refractivity contribution is 7.20. The normalized spacial score (nSPS) is 11.0. The molecule has 0 saturated heterocycles. The molecule has 136 valence electrons. The average Bonchev–Trinajstić information content (AvgIpc) is 3.28. The van der Waals surface area contributed by atoms with Gasteiger partial charge in [-0.05, 0) is 30.2 Å². The lowest BCUT2D eigenvalue weighted by Gasteiger charge is -2.06. The second kappa shape index (κ2) is 6.76. The van der Waals surface area contributed by atoms with E-state index in [1.165, 1.54) is 28.6 Å². The number of nitrogens with zero attached hydrogens (tertiary/aromatic N) is 5. The van der Waals surface area contributed by atoms with Gasteiger partial charge in [0, 0.05) is 12.7 Å². The number of amides is 1. The molecular formula is C18H16N6O2S. The van der Waals surface area contributed by atoms with Gasteiger partial charge >= 0.3 is 0 Å². The zero-order valence-electron chi connectivity index (χ0n) is 14.7. The molecule has 9 heteroatoms. The van der Waals surface area contributed by atoms with Crippen molar-refractivity contribution in [3.63, 3.8) is 0 Å². The Kier molecular flexibility index (Phi) is 4.28. The number of fused-ring (bicyclic) bond motifs is 1. The number of benzene rings is 1. The van der Waals surface area contributed by atoms with Gasteiger partial charge in [-0.15, -0.1) is 11.3 Å². The zero-order chi connectivity index (χ0) is 19.0. The van der Waals surface area contributed by atoms with Crippen molar-refractivity contribution in [3.05, 3.63) is 69.6 Å². The maximum Gasteiger partial charge on any atom is 0.266 e. The van der Waals surface area contributed by atoms with Crippen LogP contribution in [0.1, 0.15) is 20.8 Å². The van der Waals surface area contributed by atoms with E-state index < -0.39 is 0 Å². The number of nitrogens with one attached hydrogen (secondary N) is 1. The van der Waals surface area contributed by atoms with Crippen LogP contribution in [0.3, 0.4) is 0 Å². The fraction of sp³-hybridized carbons (Fsp3) is 0.167. The van der Waals surface area contributed by atoms with Crippen molar-refractivity contribution < 1.29 is 4.79 Å². The van der Waals surface area contributed by atoms with Gasteiger partial charge in [-0.2, -0.15) is 5.10 Å². The first-order valence-corrected chi connectivity index (χ1v) is 9.02. The van der Waals surface area contributed by atoms with Gasteiger partial charge < -0.3 is 9.88 Å². The first kappa shape index (κ1) is 17.1. The summed E-state index contributed by atoms with van der Waals surface area (Å²) in [6.45, 7) is 2.39. The summed E-state index contributed by atoms with van der Waals surface area (Å²) in [6.07, 6.45) is 4.61. The van der Waals surface area contributed by atoms with Crippen LogP contribution in [0, 0.1) is 6.92 Å². The highest BCUT2D eigenvalue weighted by Crippen LogP contribution is 2.27. The summed E-state index contributed by atoms with van der Waals surface area (Å²) in [5.41, 5.74) is 2.23. The summed E-state index contributed by atoms with van der Waals surface area (Å²) >= 11 is 1.23. The van der Waals surface area contributed by atoms with Crippen LogP contribution >= 0.6 is 11.3 Å². The van der Waals surface area contributed by atoms with Crippen LogP contribution < -0.4 is 10.9 Å². The van der Waals surface area contributed by atoms with Crippen LogP contribution in [0.25, 0.3) is 10.2 Å². The number of anilines is 1. The molecule has 0 bridgehead atoms. The Morgan fingerprint density at radius 3 is 2.70 bits per heavy atom. The molecule has 3 heterocycles. The smallest absolute Gasteiger partial charge is 0.266 e.